The van der Waals surface area contributed by atoms with Gasteiger partial charge in [-0.15, -0.1) is 11.3 Å². The van der Waals surface area contributed by atoms with Gasteiger partial charge in [-0.25, -0.2) is 0 Å². The van der Waals surface area contributed by atoms with E-state index in [4.69, 9.17) is 0 Å². The third-order valence-electron chi connectivity index (χ3n) is 8.02. The summed E-state index contributed by atoms with van der Waals surface area (Å²) in [6.45, 7) is 9.95. The summed E-state index contributed by atoms with van der Waals surface area (Å²) in [6.07, 6.45) is 1.62. The minimum absolute atomic E-state index is 0.00609. The normalized spacial score (nSPS) is 15.0. The lowest BCUT2D eigenvalue weighted by Crippen LogP contribution is -2.48. The van der Waals surface area contributed by atoms with E-state index >= 15 is 0 Å². The zero-order valence-electron chi connectivity index (χ0n) is 24.5. The van der Waals surface area contributed by atoms with Crippen molar-refractivity contribution in [3.05, 3.63) is 129 Å². The molecule has 0 aliphatic carbocycles. The Kier molecular flexibility index (Phi) is 8.74. The summed E-state index contributed by atoms with van der Waals surface area (Å²) in [7, 11) is 0. The summed E-state index contributed by atoms with van der Waals surface area (Å²) in [5.74, 6) is -0.493. The van der Waals surface area contributed by atoms with E-state index < -0.39 is 5.92 Å². The standard InChI is InChI=1S/C36H40N2O2S/c1-5-22-37(35(40)33(26-12-8-6-9-13-26)27-14-10-7-11-15-27)25-32(39)38-23-20-31-30(21-24-41-31)34(38)28-16-18-29(19-17-28)36(2,3)4/h6-19,21,24,33-34H,5,20,22-23,25H2,1-4H3. The predicted molar refractivity (Wildman–Crippen MR) is 168 cm³/mol. The molecular weight excluding hydrogens is 524 g/mol. The van der Waals surface area contributed by atoms with Crippen LogP contribution in [-0.4, -0.2) is 41.2 Å². The molecule has 0 saturated carbocycles. The molecule has 1 aliphatic rings. The minimum Gasteiger partial charge on any atom is -0.333 e. The molecule has 0 N–H and O–H groups in total. The van der Waals surface area contributed by atoms with Crippen molar-refractivity contribution in [2.45, 2.75) is 57.9 Å². The van der Waals surface area contributed by atoms with Crippen molar-refractivity contribution >= 4 is 23.2 Å². The van der Waals surface area contributed by atoms with Gasteiger partial charge in [-0.1, -0.05) is 113 Å². The molecule has 3 aromatic carbocycles. The Morgan fingerprint density at radius 2 is 1.51 bits per heavy atom. The SMILES string of the molecule is CCCN(CC(=O)N1CCc2sccc2C1c1ccc(C(C)(C)C)cc1)C(=O)C(c1ccccc1)c1ccccc1. The van der Waals surface area contributed by atoms with Crippen molar-refractivity contribution in [3.63, 3.8) is 0 Å². The van der Waals surface area contributed by atoms with Gasteiger partial charge in [0.05, 0.1) is 18.5 Å². The van der Waals surface area contributed by atoms with Gasteiger partial charge in [0.15, 0.2) is 0 Å². The lowest BCUT2D eigenvalue weighted by atomic mass is 9.85. The molecule has 4 nitrogen and oxygen atoms in total. The van der Waals surface area contributed by atoms with Gasteiger partial charge in [0, 0.05) is 18.0 Å². The highest BCUT2D eigenvalue weighted by atomic mass is 32.1. The smallest absolute Gasteiger partial charge is 0.242 e. The molecule has 0 saturated heterocycles. The zero-order valence-corrected chi connectivity index (χ0v) is 25.4. The molecule has 212 valence electrons. The van der Waals surface area contributed by atoms with Gasteiger partial charge in [0.25, 0.3) is 0 Å². The topological polar surface area (TPSA) is 40.6 Å². The molecule has 1 unspecified atom stereocenters. The molecule has 0 spiro atoms. The fourth-order valence-corrected chi connectivity index (χ4v) is 6.76. The van der Waals surface area contributed by atoms with Gasteiger partial charge in [0.2, 0.25) is 11.8 Å². The third kappa shape index (κ3) is 6.31. The van der Waals surface area contributed by atoms with E-state index in [0.29, 0.717) is 13.1 Å². The van der Waals surface area contributed by atoms with Crippen molar-refractivity contribution in [1.29, 1.82) is 0 Å². The highest BCUT2D eigenvalue weighted by Crippen LogP contribution is 2.39. The van der Waals surface area contributed by atoms with Gasteiger partial charge in [-0.2, -0.15) is 0 Å². The molecule has 2 amide bonds. The average Bonchev–Trinajstić information content (AvgIpc) is 3.46. The molecule has 0 radical (unpaired) electrons. The maximum atomic E-state index is 14.2. The Morgan fingerprint density at radius 1 is 0.902 bits per heavy atom. The van der Waals surface area contributed by atoms with Gasteiger partial charge in [0.1, 0.15) is 0 Å². The lowest BCUT2D eigenvalue weighted by Gasteiger charge is -2.38. The fraction of sp³-hybridized carbons (Fsp3) is 0.333. The molecule has 0 bridgehead atoms. The molecule has 4 aromatic rings. The number of nitrogens with zero attached hydrogens (tertiary/aromatic N) is 2. The average molecular weight is 565 g/mol. The monoisotopic (exact) mass is 564 g/mol. The number of rotatable bonds is 8. The van der Waals surface area contributed by atoms with Crippen LogP contribution in [0.15, 0.2) is 96.4 Å². The van der Waals surface area contributed by atoms with Crippen molar-refractivity contribution in [2.24, 2.45) is 0 Å². The fourth-order valence-electron chi connectivity index (χ4n) is 5.85. The van der Waals surface area contributed by atoms with Crippen LogP contribution in [0.1, 0.15) is 78.8 Å². The minimum atomic E-state index is -0.456. The summed E-state index contributed by atoms with van der Waals surface area (Å²) in [5.41, 5.74) is 5.53. The molecular formula is C36H40N2O2S. The van der Waals surface area contributed by atoms with Crippen LogP contribution >= 0.6 is 11.3 Å². The lowest BCUT2D eigenvalue weighted by molar-refractivity contribution is -0.142. The first kappa shape index (κ1) is 28.8. The largest absolute Gasteiger partial charge is 0.333 e. The van der Waals surface area contributed by atoms with Crippen LogP contribution in [0.5, 0.6) is 0 Å². The van der Waals surface area contributed by atoms with Crippen molar-refractivity contribution in [1.82, 2.24) is 9.80 Å². The van der Waals surface area contributed by atoms with Crippen LogP contribution in [0.3, 0.4) is 0 Å². The first-order valence-corrected chi connectivity index (χ1v) is 15.5. The van der Waals surface area contributed by atoms with Crippen LogP contribution in [0.2, 0.25) is 0 Å². The Labute approximate surface area is 248 Å². The summed E-state index contributed by atoms with van der Waals surface area (Å²) in [6, 6.07) is 30.6. The van der Waals surface area contributed by atoms with Gasteiger partial charge in [-0.05, 0) is 57.5 Å². The zero-order chi connectivity index (χ0) is 29.0. The predicted octanol–water partition coefficient (Wildman–Crippen LogP) is 7.59. The number of benzene rings is 3. The summed E-state index contributed by atoms with van der Waals surface area (Å²) in [4.78, 5) is 33.5. The number of hydrogen-bond donors (Lipinski definition) is 0. The van der Waals surface area contributed by atoms with Crippen LogP contribution in [0.25, 0.3) is 0 Å². The number of carbonyl (C=O) groups is 2. The third-order valence-corrected chi connectivity index (χ3v) is 9.02. The number of amides is 2. The Balaban J connectivity index is 1.45. The second-order valence-electron chi connectivity index (χ2n) is 11.9. The number of fused-ring (bicyclic) bond motifs is 1. The molecule has 5 heteroatoms. The van der Waals surface area contributed by atoms with E-state index in [2.05, 4.69) is 63.4 Å². The van der Waals surface area contributed by atoms with Crippen LogP contribution in [-0.2, 0) is 21.4 Å². The molecule has 2 heterocycles. The maximum absolute atomic E-state index is 14.2. The highest BCUT2D eigenvalue weighted by Gasteiger charge is 2.35. The Hall–Kier alpha value is -3.70. The number of carbonyl (C=O) groups excluding carboxylic acids is 2. The molecule has 1 aromatic heterocycles. The van der Waals surface area contributed by atoms with Gasteiger partial charge in [-0.3, -0.25) is 9.59 Å². The molecule has 5 rings (SSSR count). The van der Waals surface area contributed by atoms with E-state index in [0.717, 1.165) is 29.5 Å². The summed E-state index contributed by atoms with van der Waals surface area (Å²) < 4.78 is 0. The molecule has 1 aliphatic heterocycles. The van der Waals surface area contributed by atoms with Crippen LogP contribution < -0.4 is 0 Å². The van der Waals surface area contributed by atoms with E-state index in [1.165, 1.54) is 16.0 Å². The number of hydrogen-bond acceptors (Lipinski definition) is 3. The maximum Gasteiger partial charge on any atom is 0.242 e. The van der Waals surface area contributed by atoms with Crippen molar-refractivity contribution in [2.75, 3.05) is 19.6 Å². The Morgan fingerprint density at radius 3 is 2.07 bits per heavy atom. The van der Waals surface area contributed by atoms with Crippen LogP contribution in [0.4, 0.5) is 0 Å². The first-order valence-electron chi connectivity index (χ1n) is 14.6. The highest BCUT2D eigenvalue weighted by molar-refractivity contribution is 7.10. The summed E-state index contributed by atoms with van der Waals surface area (Å²) >= 11 is 1.77. The van der Waals surface area contributed by atoms with Gasteiger partial charge >= 0.3 is 0 Å². The van der Waals surface area contributed by atoms with Crippen LogP contribution in [0, 0.1) is 0 Å². The van der Waals surface area contributed by atoms with E-state index in [1.54, 1.807) is 16.2 Å². The van der Waals surface area contributed by atoms with E-state index in [9.17, 15) is 9.59 Å². The Bertz CT molecular complexity index is 1420. The van der Waals surface area contributed by atoms with Gasteiger partial charge < -0.3 is 9.80 Å². The first-order chi connectivity index (χ1) is 19.8. The molecule has 1 atom stereocenters. The molecule has 41 heavy (non-hydrogen) atoms. The van der Waals surface area contributed by atoms with Crippen molar-refractivity contribution in [3.8, 4) is 0 Å². The van der Waals surface area contributed by atoms with E-state index in [-0.39, 0.29) is 29.8 Å². The summed E-state index contributed by atoms with van der Waals surface area (Å²) in [5, 5.41) is 2.13. The quantitative estimate of drug-likeness (QED) is 0.221. The van der Waals surface area contributed by atoms with E-state index in [1.807, 2.05) is 65.6 Å². The van der Waals surface area contributed by atoms with Crippen molar-refractivity contribution < 1.29 is 9.59 Å². The second-order valence-corrected chi connectivity index (χ2v) is 12.9. The second kappa shape index (κ2) is 12.4. The number of thiophene rings is 1. The molecule has 0 fully saturated rings.